The van der Waals surface area contributed by atoms with E-state index >= 15 is 0 Å². The van der Waals surface area contributed by atoms with Gasteiger partial charge in [-0.15, -0.1) is 0 Å². The Morgan fingerprint density at radius 2 is 1.77 bits per heavy atom. The fraction of sp³-hybridized carbons (Fsp3) is 0.647. The van der Waals surface area contributed by atoms with Crippen LogP contribution in [0.1, 0.15) is 19.4 Å². The van der Waals surface area contributed by atoms with Crippen molar-refractivity contribution >= 4 is 0 Å². The number of piperazine rings is 1. The maximum absolute atomic E-state index is 5.63. The first-order valence-electron chi connectivity index (χ1n) is 8.15. The van der Waals surface area contributed by atoms with Gasteiger partial charge < -0.3 is 14.2 Å². The summed E-state index contributed by atoms with van der Waals surface area (Å²) in [5.74, 6) is 1.74. The SMILES string of the molecule is CC(C)OCCN1CCN(Cc2ccc3c(c2)OCO3)CC1. The highest BCUT2D eigenvalue weighted by molar-refractivity contribution is 5.44. The van der Waals surface area contributed by atoms with Crippen molar-refractivity contribution < 1.29 is 14.2 Å². The van der Waals surface area contributed by atoms with Crippen LogP contribution in [0.5, 0.6) is 11.5 Å². The van der Waals surface area contributed by atoms with E-state index in [0.717, 1.165) is 57.4 Å². The van der Waals surface area contributed by atoms with Gasteiger partial charge in [0, 0.05) is 39.3 Å². The molecule has 5 nitrogen and oxygen atoms in total. The van der Waals surface area contributed by atoms with Gasteiger partial charge in [0.2, 0.25) is 6.79 Å². The summed E-state index contributed by atoms with van der Waals surface area (Å²) < 4.78 is 16.4. The molecule has 1 aromatic carbocycles. The minimum Gasteiger partial charge on any atom is -0.454 e. The standard InChI is InChI=1S/C17H26N2O3/c1-14(2)20-10-9-18-5-7-19(8-6-18)12-15-3-4-16-17(11-15)22-13-21-16/h3-4,11,14H,5-10,12-13H2,1-2H3. The van der Waals surface area contributed by atoms with E-state index in [0.29, 0.717) is 12.9 Å². The lowest BCUT2D eigenvalue weighted by Crippen LogP contribution is -2.46. The molecule has 5 heteroatoms. The molecule has 0 N–H and O–H groups in total. The Labute approximate surface area is 132 Å². The maximum Gasteiger partial charge on any atom is 0.231 e. The van der Waals surface area contributed by atoms with E-state index in [9.17, 15) is 0 Å². The molecule has 0 aliphatic carbocycles. The molecule has 122 valence electrons. The van der Waals surface area contributed by atoms with Gasteiger partial charge >= 0.3 is 0 Å². The number of fused-ring (bicyclic) bond motifs is 1. The molecule has 1 aromatic rings. The van der Waals surface area contributed by atoms with Crippen molar-refractivity contribution in [1.82, 2.24) is 9.80 Å². The van der Waals surface area contributed by atoms with Gasteiger partial charge in [-0.2, -0.15) is 0 Å². The van der Waals surface area contributed by atoms with E-state index in [1.165, 1.54) is 5.56 Å². The summed E-state index contributed by atoms with van der Waals surface area (Å²) in [5, 5.41) is 0. The molecule has 0 atom stereocenters. The summed E-state index contributed by atoms with van der Waals surface area (Å²) in [6.07, 6.45) is 0.326. The third-order valence-electron chi connectivity index (χ3n) is 4.17. The summed E-state index contributed by atoms with van der Waals surface area (Å²) in [4.78, 5) is 4.98. The highest BCUT2D eigenvalue weighted by Crippen LogP contribution is 2.32. The number of hydrogen-bond donors (Lipinski definition) is 0. The number of hydrogen-bond acceptors (Lipinski definition) is 5. The third-order valence-corrected chi connectivity index (χ3v) is 4.17. The van der Waals surface area contributed by atoms with Gasteiger partial charge in [-0.1, -0.05) is 6.07 Å². The largest absolute Gasteiger partial charge is 0.454 e. The van der Waals surface area contributed by atoms with Crippen molar-refractivity contribution in [1.29, 1.82) is 0 Å². The van der Waals surface area contributed by atoms with Crippen LogP contribution in [-0.2, 0) is 11.3 Å². The van der Waals surface area contributed by atoms with Crippen LogP contribution in [0.3, 0.4) is 0 Å². The van der Waals surface area contributed by atoms with Crippen molar-refractivity contribution in [2.75, 3.05) is 46.1 Å². The molecule has 0 spiro atoms. The van der Waals surface area contributed by atoms with Crippen molar-refractivity contribution in [3.63, 3.8) is 0 Å². The van der Waals surface area contributed by atoms with E-state index in [2.05, 4.69) is 35.8 Å². The van der Waals surface area contributed by atoms with E-state index in [1.807, 2.05) is 6.07 Å². The predicted molar refractivity (Wildman–Crippen MR) is 85.4 cm³/mol. The van der Waals surface area contributed by atoms with Gasteiger partial charge in [0.25, 0.3) is 0 Å². The lowest BCUT2D eigenvalue weighted by Gasteiger charge is -2.34. The predicted octanol–water partition coefficient (Wildman–Crippen LogP) is 1.96. The Morgan fingerprint density at radius 1 is 1.05 bits per heavy atom. The van der Waals surface area contributed by atoms with E-state index in [4.69, 9.17) is 14.2 Å². The third kappa shape index (κ3) is 4.12. The molecule has 3 rings (SSSR count). The molecule has 1 saturated heterocycles. The number of ether oxygens (including phenoxy) is 3. The van der Waals surface area contributed by atoms with Crippen LogP contribution in [0.15, 0.2) is 18.2 Å². The van der Waals surface area contributed by atoms with Gasteiger partial charge in [0.1, 0.15) is 0 Å². The Bertz CT molecular complexity index is 485. The van der Waals surface area contributed by atoms with E-state index in [1.54, 1.807) is 0 Å². The van der Waals surface area contributed by atoms with Gasteiger partial charge in [0.15, 0.2) is 11.5 Å². The minimum absolute atomic E-state index is 0.326. The fourth-order valence-electron chi connectivity index (χ4n) is 2.89. The zero-order valence-electron chi connectivity index (χ0n) is 13.6. The molecular weight excluding hydrogens is 280 g/mol. The summed E-state index contributed by atoms with van der Waals surface area (Å²) >= 11 is 0. The van der Waals surface area contributed by atoms with Crippen molar-refractivity contribution in [3.05, 3.63) is 23.8 Å². The fourth-order valence-corrected chi connectivity index (χ4v) is 2.89. The summed E-state index contributed by atoms with van der Waals surface area (Å²) in [5.41, 5.74) is 1.29. The maximum atomic E-state index is 5.63. The summed E-state index contributed by atoms with van der Waals surface area (Å²) in [7, 11) is 0. The quantitative estimate of drug-likeness (QED) is 0.802. The molecule has 2 aliphatic heterocycles. The Balaban J connectivity index is 1.42. The molecule has 0 bridgehead atoms. The first-order valence-corrected chi connectivity index (χ1v) is 8.15. The average Bonchev–Trinajstić information content (AvgIpc) is 2.96. The topological polar surface area (TPSA) is 34.2 Å². The number of benzene rings is 1. The molecule has 0 radical (unpaired) electrons. The zero-order chi connectivity index (χ0) is 15.4. The van der Waals surface area contributed by atoms with Crippen molar-refractivity contribution in [2.45, 2.75) is 26.5 Å². The minimum atomic E-state index is 0.326. The lowest BCUT2D eigenvalue weighted by atomic mass is 10.1. The van der Waals surface area contributed by atoms with E-state index < -0.39 is 0 Å². The zero-order valence-corrected chi connectivity index (χ0v) is 13.6. The molecule has 0 saturated carbocycles. The van der Waals surface area contributed by atoms with Gasteiger partial charge in [0.05, 0.1) is 12.7 Å². The summed E-state index contributed by atoms with van der Waals surface area (Å²) in [6, 6.07) is 6.25. The van der Waals surface area contributed by atoms with Gasteiger partial charge in [-0.25, -0.2) is 0 Å². The average molecular weight is 306 g/mol. The summed E-state index contributed by atoms with van der Waals surface area (Å²) in [6.45, 7) is 11.8. The second kappa shape index (κ2) is 7.31. The normalized spacial score (nSPS) is 19.0. The molecule has 0 amide bonds. The monoisotopic (exact) mass is 306 g/mol. The highest BCUT2D eigenvalue weighted by atomic mass is 16.7. The van der Waals surface area contributed by atoms with Gasteiger partial charge in [-0.3, -0.25) is 9.80 Å². The molecule has 22 heavy (non-hydrogen) atoms. The molecule has 2 heterocycles. The van der Waals surface area contributed by atoms with Crippen LogP contribution >= 0.6 is 0 Å². The van der Waals surface area contributed by atoms with E-state index in [-0.39, 0.29) is 0 Å². The smallest absolute Gasteiger partial charge is 0.231 e. The highest BCUT2D eigenvalue weighted by Gasteiger charge is 2.18. The first kappa shape index (κ1) is 15.6. The Hall–Kier alpha value is -1.30. The molecule has 2 aliphatic rings. The Morgan fingerprint density at radius 3 is 2.55 bits per heavy atom. The number of nitrogens with zero attached hydrogens (tertiary/aromatic N) is 2. The van der Waals surface area contributed by atoms with Gasteiger partial charge in [-0.05, 0) is 31.5 Å². The first-order chi connectivity index (χ1) is 10.7. The molecular formula is C17H26N2O3. The molecule has 0 unspecified atom stereocenters. The van der Waals surface area contributed by atoms with Crippen LogP contribution in [0, 0.1) is 0 Å². The second-order valence-corrected chi connectivity index (χ2v) is 6.22. The van der Waals surface area contributed by atoms with Crippen molar-refractivity contribution in [2.24, 2.45) is 0 Å². The van der Waals surface area contributed by atoms with Crippen LogP contribution in [-0.4, -0.2) is 62.0 Å². The molecule has 0 aromatic heterocycles. The lowest BCUT2D eigenvalue weighted by molar-refractivity contribution is 0.0437. The van der Waals surface area contributed by atoms with Crippen molar-refractivity contribution in [3.8, 4) is 11.5 Å². The van der Waals surface area contributed by atoms with Crippen LogP contribution < -0.4 is 9.47 Å². The second-order valence-electron chi connectivity index (χ2n) is 6.22. The van der Waals surface area contributed by atoms with Crippen LogP contribution in [0.25, 0.3) is 0 Å². The molecule has 1 fully saturated rings. The van der Waals surface area contributed by atoms with Crippen LogP contribution in [0.4, 0.5) is 0 Å². The Kier molecular flexibility index (Phi) is 5.18. The number of rotatable bonds is 6. The van der Waals surface area contributed by atoms with Crippen LogP contribution in [0.2, 0.25) is 0 Å².